The maximum atomic E-state index is 4.87. The summed E-state index contributed by atoms with van der Waals surface area (Å²) in [5.41, 5.74) is 6.07. The van der Waals surface area contributed by atoms with Gasteiger partial charge in [0.25, 0.3) is 0 Å². The molecule has 19 heavy (non-hydrogen) atoms. The first kappa shape index (κ1) is 13.9. The van der Waals surface area contributed by atoms with Gasteiger partial charge in [0.2, 0.25) is 0 Å². The number of rotatable bonds is 2. The summed E-state index contributed by atoms with van der Waals surface area (Å²) in [5.74, 6) is 0. The van der Waals surface area contributed by atoms with Gasteiger partial charge in [-0.2, -0.15) is 0 Å². The predicted molar refractivity (Wildman–Crippen MR) is 84.1 cm³/mol. The number of nitrogens with zero attached hydrogens (tertiary/aromatic N) is 1. The van der Waals surface area contributed by atoms with E-state index in [2.05, 4.69) is 65.1 Å². The smallest absolute Gasteiger partial charge is 0.0731 e. The molecule has 0 spiro atoms. The molecule has 2 aromatic rings. The van der Waals surface area contributed by atoms with Gasteiger partial charge < -0.3 is 5.32 Å². The van der Waals surface area contributed by atoms with E-state index < -0.39 is 0 Å². The van der Waals surface area contributed by atoms with Crippen molar-refractivity contribution in [3.8, 4) is 0 Å². The number of pyridine rings is 1. The first-order valence-corrected chi connectivity index (χ1v) is 6.99. The lowest BCUT2D eigenvalue weighted by Gasteiger charge is -2.21. The van der Waals surface area contributed by atoms with Crippen LogP contribution in [0.4, 0.5) is 5.69 Å². The highest BCUT2D eigenvalue weighted by molar-refractivity contribution is 5.94. The van der Waals surface area contributed by atoms with Crippen molar-refractivity contribution in [2.45, 2.75) is 47.0 Å². The molecule has 0 aliphatic carbocycles. The first-order valence-electron chi connectivity index (χ1n) is 6.99. The molecule has 1 heterocycles. The summed E-state index contributed by atoms with van der Waals surface area (Å²) in [5, 5.41) is 4.73. The van der Waals surface area contributed by atoms with Gasteiger partial charge in [-0.1, -0.05) is 26.8 Å². The predicted octanol–water partition coefficient (Wildman–Crippen LogP) is 4.58. The Labute approximate surface area is 116 Å². The highest BCUT2D eigenvalue weighted by atomic mass is 14.9. The van der Waals surface area contributed by atoms with Crippen molar-refractivity contribution in [3.05, 3.63) is 35.0 Å². The second kappa shape index (κ2) is 4.84. The average Bonchev–Trinajstić information content (AvgIpc) is 2.26. The second-order valence-electron chi connectivity index (χ2n) is 6.31. The second-order valence-corrected chi connectivity index (χ2v) is 6.31. The van der Waals surface area contributed by atoms with Crippen LogP contribution in [0.2, 0.25) is 0 Å². The Morgan fingerprint density at radius 3 is 2.37 bits per heavy atom. The van der Waals surface area contributed by atoms with Crippen molar-refractivity contribution >= 4 is 16.6 Å². The molecule has 0 aliphatic heterocycles. The van der Waals surface area contributed by atoms with Crippen LogP contribution < -0.4 is 5.32 Å². The van der Waals surface area contributed by atoms with E-state index in [4.69, 9.17) is 4.98 Å². The third-order valence-corrected chi connectivity index (χ3v) is 3.39. The Balaban J connectivity index is 2.79. The molecule has 1 N–H and O–H groups in total. The number of fused-ring (bicyclic) bond motifs is 1. The highest BCUT2D eigenvalue weighted by Crippen LogP contribution is 2.31. The molecule has 0 saturated carbocycles. The quantitative estimate of drug-likeness (QED) is 0.850. The summed E-state index contributed by atoms with van der Waals surface area (Å²) in [4.78, 5) is 4.87. The molecule has 0 bridgehead atoms. The van der Waals surface area contributed by atoms with Crippen molar-refractivity contribution < 1.29 is 0 Å². The van der Waals surface area contributed by atoms with E-state index in [-0.39, 0.29) is 5.41 Å². The molecule has 2 nitrogen and oxygen atoms in total. The Bertz CT molecular complexity index is 607. The van der Waals surface area contributed by atoms with Gasteiger partial charge in [0.05, 0.1) is 5.52 Å². The van der Waals surface area contributed by atoms with Crippen molar-refractivity contribution in [1.29, 1.82) is 0 Å². The molecule has 0 fully saturated rings. The molecule has 0 saturated heterocycles. The fraction of sp³-hybridized carbons (Fsp3) is 0.471. The standard InChI is InChI=1S/C17H24N2/c1-7-18-13-10-15(17(4,5)6)19-14-9-11(2)8-12(3)16(13)14/h8-10H,7H2,1-6H3,(H,18,19). The summed E-state index contributed by atoms with van der Waals surface area (Å²) < 4.78 is 0. The summed E-state index contributed by atoms with van der Waals surface area (Å²) in [6, 6.07) is 6.61. The molecule has 0 unspecified atom stereocenters. The van der Waals surface area contributed by atoms with E-state index in [0.29, 0.717) is 0 Å². The third-order valence-electron chi connectivity index (χ3n) is 3.39. The molecule has 1 aromatic carbocycles. The van der Waals surface area contributed by atoms with Crippen LogP contribution in [0.1, 0.15) is 44.5 Å². The number of aromatic nitrogens is 1. The van der Waals surface area contributed by atoms with Crippen LogP contribution in [-0.2, 0) is 5.41 Å². The number of benzene rings is 1. The summed E-state index contributed by atoms with van der Waals surface area (Å²) >= 11 is 0. The molecule has 2 rings (SSSR count). The van der Waals surface area contributed by atoms with Crippen molar-refractivity contribution in [2.24, 2.45) is 0 Å². The van der Waals surface area contributed by atoms with Gasteiger partial charge in [0.1, 0.15) is 0 Å². The molecule has 0 amide bonds. The van der Waals surface area contributed by atoms with E-state index in [9.17, 15) is 0 Å². The lowest BCUT2D eigenvalue weighted by Crippen LogP contribution is -2.14. The molecule has 1 aromatic heterocycles. The van der Waals surface area contributed by atoms with Crippen LogP contribution in [0.5, 0.6) is 0 Å². The SMILES string of the molecule is CCNc1cc(C(C)(C)C)nc2cc(C)cc(C)c12. The van der Waals surface area contributed by atoms with E-state index in [0.717, 1.165) is 17.8 Å². The highest BCUT2D eigenvalue weighted by Gasteiger charge is 2.18. The van der Waals surface area contributed by atoms with Crippen molar-refractivity contribution in [3.63, 3.8) is 0 Å². The lowest BCUT2D eigenvalue weighted by molar-refractivity contribution is 0.572. The lowest BCUT2D eigenvalue weighted by atomic mass is 9.90. The fourth-order valence-electron chi connectivity index (χ4n) is 2.47. The zero-order valence-electron chi connectivity index (χ0n) is 12.9. The normalized spacial score (nSPS) is 11.9. The molecule has 0 aliphatic rings. The Morgan fingerprint density at radius 1 is 1.11 bits per heavy atom. The minimum absolute atomic E-state index is 0.0655. The molecular formula is C17H24N2. The van der Waals surface area contributed by atoms with E-state index in [1.54, 1.807) is 0 Å². The van der Waals surface area contributed by atoms with Crippen LogP contribution in [0.15, 0.2) is 18.2 Å². The average molecular weight is 256 g/mol. The number of hydrogen-bond acceptors (Lipinski definition) is 2. The van der Waals surface area contributed by atoms with Crippen LogP contribution >= 0.6 is 0 Å². The topological polar surface area (TPSA) is 24.9 Å². The van der Waals surface area contributed by atoms with Gasteiger partial charge in [-0.15, -0.1) is 0 Å². The van der Waals surface area contributed by atoms with Gasteiger partial charge in [-0.05, 0) is 44.0 Å². The zero-order chi connectivity index (χ0) is 14.2. The number of aryl methyl sites for hydroxylation is 2. The molecular weight excluding hydrogens is 232 g/mol. The number of nitrogens with one attached hydrogen (secondary N) is 1. The monoisotopic (exact) mass is 256 g/mol. The fourth-order valence-corrected chi connectivity index (χ4v) is 2.47. The van der Waals surface area contributed by atoms with Crippen LogP contribution in [0.25, 0.3) is 10.9 Å². The number of hydrogen-bond donors (Lipinski definition) is 1. The molecule has 0 atom stereocenters. The minimum Gasteiger partial charge on any atom is -0.385 e. The zero-order valence-corrected chi connectivity index (χ0v) is 12.9. The third kappa shape index (κ3) is 2.73. The van der Waals surface area contributed by atoms with E-state index in [1.807, 2.05) is 0 Å². The maximum absolute atomic E-state index is 4.87. The van der Waals surface area contributed by atoms with Gasteiger partial charge in [-0.25, -0.2) is 0 Å². The van der Waals surface area contributed by atoms with Crippen LogP contribution in [0, 0.1) is 13.8 Å². The van der Waals surface area contributed by atoms with Crippen molar-refractivity contribution in [2.75, 3.05) is 11.9 Å². The van der Waals surface area contributed by atoms with Gasteiger partial charge >= 0.3 is 0 Å². The van der Waals surface area contributed by atoms with E-state index >= 15 is 0 Å². The molecule has 0 radical (unpaired) electrons. The summed E-state index contributed by atoms with van der Waals surface area (Å²) in [7, 11) is 0. The summed E-state index contributed by atoms with van der Waals surface area (Å²) in [6.07, 6.45) is 0. The summed E-state index contributed by atoms with van der Waals surface area (Å²) in [6.45, 7) is 14.0. The first-order chi connectivity index (χ1) is 8.82. The van der Waals surface area contributed by atoms with Crippen LogP contribution in [-0.4, -0.2) is 11.5 Å². The maximum Gasteiger partial charge on any atom is 0.0731 e. The van der Waals surface area contributed by atoms with Gasteiger partial charge in [0, 0.05) is 28.7 Å². The van der Waals surface area contributed by atoms with Gasteiger partial charge in [-0.3, -0.25) is 4.98 Å². The molecule has 102 valence electrons. The largest absolute Gasteiger partial charge is 0.385 e. The molecule has 2 heteroatoms. The van der Waals surface area contributed by atoms with E-state index in [1.165, 1.54) is 22.2 Å². The minimum atomic E-state index is 0.0655. The van der Waals surface area contributed by atoms with Crippen molar-refractivity contribution in [1.82, 2.24) is 4.98 Å². The Kier molecular flexibility index (Phi) is 3.53. The van der Waals surface area contributed by atoms with Gasteiger partial charge in [0.15, 0.2) is 0 Å². The number of anilines is 1. The van der Waals surface area contributed by atoms with Crippen LogP contribution in [0.3, 0.4) is 0 Å². The Hall–Kier alpha value is -1.57. The Morgan fingerprint density at radius 2 is 1.79 bits per heavy atom.